The molecule has 1 saturated heterocycles. The van der Waals surface area contributed by atoms with E-state index in [4.69, 9.17) is 39.4 Å². The topological polar surface area (TPSA) is 205 Å². The van der Waals surface area contributed by atoms with Gasteiger partial charge in [0.05, 0.1) is 20.1 Å². The van der Waals surface area contributed by atoms with Gasteiger partial charge in [0.1, 0.15) is 0 Å². The molecule has 2 aromatic carbocycles. The zero-order valence-corrected chi connectivity index (χ0v) is 25.6. The number of rotatable bonds is 10. The van der Waals surface area contributed by atoms with Gasteiger partial charge in [0.2, 0.25) is 18.6 Å². The number of amides is 2. The number of ether oxygens (including phenoxy) is 4. The third-order valence-electron chi connectivity index (χ3n) is 8.00. The van der Waals surface area contributed by atoms with Crippen LogP contribution in [0.1, 0.15) is 30.4 Å². The first-order chi connectivity index (χ1) is 22.0. The molecular formula is C31H39N3O12. The van der Waals surface area contributed by atoms with E-state index in [2.05, 4.69) is 10.2 Å². The Bertz CT molecular complexity index is 1420. The Morgan fingerprint density at radius 2 is 1.59 bits per heavy atom. The first-order valence-electron chi connectivity index (χ1n) is 14.8. The average molecular weight is 646 g/mol. The predicted molar refractivity (Wildman–Crippen MR) is 161 cm³/mol. The predicted octanol–water partition coefficient (Wildman–Crippen LogP) is 0.935. The fraction of sp³-hybridized carbons (Fsp3) is 0.484. The molecule has 2 unspecified atom stereocenters. The van der Waals surface area contributed by atoms with E-state index in [1.165, 1.54) is 5.56 Å². The van der Waals surface area contributed by atoms with Crippen LogP contribution in [0.4, 0.5) is 5.69 Å². The Labute approximate surface area is 265 Å². The average Bonchev–Trinajstić information content (AvgIpc) is 3.53. The van der Waals surface area contributed by atoms with Gasteiger partial charge in [-0.2, -0.15) is 0 Å². The van der Waals surface area contributed by atoms with Crippen LogP contribution in [0.2, 0.25) is 0 Å². The van der Waals surface area contributed by atoms with E-state index < -0.39 is 24.1 Å². The largest absolute Gasteiger partial charge is 0.493 e. The molecule has 0 bridgehead atoms. The van der Waals surface area contributed by atoms with Crippen LogP contribution in [0.3, 0.4) is 0 Å². The quantitative estimate of drug-likeness (QED) is 0.244. The molecule has 2 amide bonds. The van der Waals surface area contributed by atoms with E-state index in [9.17, 15) is 19.2 Å². The van der Waals surface area contributed by atoms with E-state index in [1.54, 1.807) is 26.4 Å². The molecule has 3 atom stereocenters. The molecule has 2 aromatic rings. The van der Waals surface area contributed by atoms with Gasteiger partial charge in [0.25, 0.3) is 0 Å². The van der Waals surface area contributed by atoms with Crippen LogP contribution in [0.15, 0.2) is 30.3 Å². The Morgan fingerprint density at radius 1 is 0.935 bits per heavy atom. The van der Waals surface area contributed by atoms with Gasteiger partial charge in [0.15, 0.2) is 35.2 Å². The normalized spacial score (nSPS) is 18.3. The number of fused-ring (bicyclic) bond motifs is 2. The Kier molecular flexibility index (Phi) is 11.6. The second kappa shape index (κ2) is 15.6. The van der Waals surface area contributed by atoms with Crippen molar-refractivity contribution in [3.05, 3.63) is 41.5 Å². The van der Waals surface area contributed by atoms with Gasteiger partial charge in [-0.05, 0) is 61.2 Å². The van der Waals surface area contributed by atoms with Crippen molar-refractivity contribution in [1.82, 2.24) is 9.80 Å². The summed E-state index contributed by atoms with van der Waals surface area (Å²) >= 11 is 0. The molecule has 250 valence electrons. The van der Waals surface area contributed by atoms with Crippen molar-refractivity contribution in [3.63, 3.8) is 0 Å². The van der Waals surface area contributed by atoms with E-state index in [1.807, 2.05) is 23.1 Å². The highest BCUT2D eigenvalue weighted by atomic mass is 16.7. The summed E-state index contributed by atoms with van der Waals surface area (Å²) in [7, 11) is 3.26. The van der Waals surface area contributed by atoms with Crippen molar-refractivity contribution in [2.75, 3.05) is 52.5 Å². The number of hydrogen-bond acceptors (Lipinski definition) is 11. The SMILES string of the molecule is COc1cc2c(cc1OC)CN(C(=O)[C@H]1CCCN(CCC(=O)Nc3ccc4c(c3)OCO4)C1)CC2.O=C(O)C(O)C(O)C(=O)O. The van der Waals surface area contributed by atoms with Crippen molar-refractivity contribution >= 4 is 29.4 Å². The zero-order chi connectivity index (χ0) is 33.4. The maximum absolute atomic E-state index is 13.4. The first kappa shape index (κ1) is 34.3. The van der Waals surface area contributed by atoms with E-state index in [-0.39, 0.29) is 24.5 Å². The summed E-state index contributed by atoms with van der Waals surface area (Å²) in [6.07, 6.45) is -1.52. The fourth-order valence-electron chi connectivity index (χ4n) is 5.52. The number of nitrogens with one attached hydrogen (secondary N) is 1. The number of carboxylic acid groups (broad SMARTS) is 2. The number of anilines is 1. The van der Waals surface area contributed by atoms with Gasteiger partial charge >= 0.3 is 11.9 Å². The van der Waals surface area contributed by atoms with Gasteiger partial charge in [-0.3, -0.25) is 9.59 Å². The highest BCUT2D eigenvalue weighted by Crippen LogP contribution is 2.35. The van der Waals surface area contributed by atoms with E-state index in [0.717, 1.165) is 37.1 Å². The number of piperidine rings is 1. The molecular weight excluding hydrogens is 606 g/mol. The number of hydrogen-bond donors (Lipinski definition) is 5. The van der Waals surface area contributed by atoms with Gasteiger partial charge in [-0.25, -0.2) is 9.59 Å². The minimum Gasteiger partial charge on any atom is -0.493 e. The maximum atomic E-state index is 13.4. The number of benzene rings is 2. The second-order valence-corrected chi connectivity index (χ2v) is 11.1. The fourth-order valence-corrected chi connectivity index (χ4v) is 5.52. The molecule has 15 heteroatoms. The summed E-state index contributed by atoms with van der Waals surface area (Å²) in [5.41, 5.74) is 3.01. The molecule has 0 spiro atoms. The van der Waals surface area contributed by atoms with Crippen LogP contribution in [0.25, 0.3) is 0 Å². The third-order valence-corrected chi connectivity index (χ3v) is 8.00. The Morgan fingerprint density at radius 3 is 2.24 bits per heavy atom. The maximum Gasteiger partial charge on any atom is 0.335 e. The standard InChI is InChI=1S/C27H33N3O6.C4H6O6/c1-33-23-12-18-7-11-30(16-20(18)13-24(23)34-2)27(32)19-4-3-9-29(15-19)10-8-26(31)28-21-5-6-22-25(14-21)36-17-35-22;5-1(3(7)8)2(6)4(9)10/h5-6,12-14,19H,3-4,7-11,15-17H2,1-2H3,(H,28,31);1-2,5-6H,(H,7,8)(H,9,10)/t19-;/m0./s1. The van der Waals surface area contributed by atoms with Crippen LogP contribution < -0.4 is 24.3 Å². The molecule has 1 fully saturated rings. The van der Waals surface area contributed by atoms with Gasteiger partial charge < -0.3 is 54.5 Å². The lowest BCUT2D eigenvalue weighted by Gasteiger charge is -2.36. The number of likely N-dealkylation sites (tertiary alicyclic amines) is 1. The number of methoxy groups -OCH3 is 2. The van der Waals surface area contributed by atoms with Gasteiger partial charge in [-0.1, -0.05) is 0 Å². The minimum atomic E-state index is -2.27. The molecule has 3 aliphatic heterocycles. The molecule has 5 rings (SSSR count). The molecule has 0 aromatic heterocycles. The number of carbonyl (C=O) groups excluding carboxylic acids is 2. The minimum absolute atomic E-state index is 0.0441. The number of aliphatic carboxylic acids is 2. The monoisotopic (exact) mass is 645 g/mol. The van der Waals surface area contributed by atoms with E-state index in [0.29, 0.717) is 55.5 Å². The zero-order valence-electron chi connectivity index (χ0n) is 25.6. The smallest absolute Gasteiger partial charge is 0.335 e. The summed E-state index contributed by atoms with van der Waals surface area (Å²) in [6.45, 7) is 3.71. The first-order valence-corrected chi connectivity index (χ1v) is 14.8. The second-order valence-electron chi connectivity index (χ2n) is 11.1. The Hall–Kier alpha value is -4.60. The lowest BCUT2D eigenvalue weighted by molar-refractivity contribution is -0.165. The number of aliphatic hydroxyl groups excluding tert-OH is 2. The summed E-state index contributed by atoms with van der Waals surface area (Å²) in [5.74, 6) is -0.697. The highest BCUT2D eigenvalue weighted by molar-refractivity contribution is 5.91. The summed E-state index contributed by atoms with van der Waals surface area (Å²) in [5, 5.41) is 35.5. The summed E-state index contributed by atoms with van der Waals surface area (Å²) < 4.78 is 21.6. The highest BCUT2D eigenvalue weighted by Gasteiger charge is 2.32. The molecule has 3 heterocycles. The van der Waals surface area contributed by atoms with Crippen LogP contribution in [0.5, 0.6) is 23.0 Å². The molecule has 46 heavy (non-hydrogen) atoms. The van der Waals surface area contributed by atoms with Crippen molar-refractivity contribution in [2.24, 2.45) is 5.92 Å². The lowest BCUT2D eigenvalue weighted by atomic mass is 9.93. The van der Waals surface area contributed by atoms with Crippen LogP contribution in [-0.2, 0) is 32.1 Å². The van der Waals surface area contributed by atoms with Gasteiger partial charge in [-0.15, -0.1) is 0 Å². The third kappa shape index (κ3) is 8.56. The molecule has 5 N–H and O–H groups in total. The van der Waals surface area contributed by atoms with Gasteiger partial charge in [0, 0.05) is 44.4 Å². The number of carboxylic acids is 2. The molecule has 3 aliphatic rings. The molecule has 15 nitrogen and oxygen atoms in total. The number of aliphatic hydroxyl groups is 2. The van der Waals surface area contributed by atoms with Crippen LogP contribution in [0, 0.1) is 5.92 Å². The van der Waals surface area contributed by atoms with Crippen molar-refractivity contribution in [2.45, 2.75) is 44.4 Å². The van der Waals surface area contributed by atoms with Crippen molar-refractivity contribution < 1.29 is 58.6 Å². The summed E-state index contributed by atoms with van der Waals surface area (Å²) in [4.78, 5) is 49.7. The molecule has 0 saturated carbocycles. The van der Waals surface area contributed by atoms with Crippen molar-refractivity contribution in [3.8, 4) is 23.0 Å². The van der Waals surface area contributed by atoms with E-state index >= 15 is 0 Å². The molecule has 0 aliphatic carbocycles. The van der Waals surface area contributed by atoms with Crippen molar-refractivity contribution in [1.29, 1.82) is 0 Å². The van der Waals surface area contributed by atoms with Crippen LogP contribution in [-0.4, -0.2) is 113 Å². The van der Waals surface area contributed by atoms with Crippen LogP contribution >= 0.6 is 0 Å². The lowest BCUT2D eigenvalue weighted by Crippen LogP contribution is -2.46. The Balaban J connectivity index is 0.000000416. The molecule has 0 radical (unpaired) electrons. The number of carbonyl (C=O) groups is 4. The summed E-state index contributed by atoms with van der Waals surface area (Å²) in [6, 6.07) is 9.39. The number of nitrogens with zero attached hydrogens (tertiary/aromatic N) is 2.